The predicted molar refractivity (Wildman–Crippen MR) is 65.1 cm³/mol. The van der Waals surface area contributed by atoms with E-state index in [1.54, 1.807) is 24.3 Å². The molecule has 0 aliphatic rings. The Bertz CT molecular complexity index is 393. The summed E-state index contributed by atoms with van der Waals surface area (Å²) in [6, 6.07) is 6.99. The van der Waals surface area contributed by atoms with Gasteiger partial charge in [-0.15, -0.1) is 0 Å². The number of carboxylic acid groups (broad SMARTS) is 1. The normalized spacial score (nSPS) is 15.6. The molecule has 0 fully saturated rings. The molecule has 1 unspecified atom stereocenters. The van der Waals surface area contributed by atoms with Crippen molar-refractivity contribution in [3.8, 4) is 0 Å². The highest BCUT2D eigenvalue weighted by molar-refractivity contribution is 9.10. The highest BCUT2D eigenvalue weighted by atomic mass is 79.9. The van der Waals surface area contributed by atoms with Gasteiger partial charge in [0, 0.05) is 4.47 Å². The summed E-state index contributed by atoms with van der Waals surface area (Å²) in [6.45, 7) is 4.54. The largest absolute Gasteiger partial charge is 0.481 e. The lowest BCUT2D eigenvalue weighted by Gasteiger charge is -2.36. The van der Waals surface area contributed by atoms with Crippen molar-refractivity contribution in [3.63, 3.8) is 0 Å². The molecule has 1 atom stereocenters. The fourth-order valence-electron chi connectivity index (χ4n) is 1.34. The topological polar surface area (TPSA) is 57.5 Å². The van der Waals surface area contributed by atoms with Crippen molar-refractivity contribution in [2.75, 3.05) is 0 Å². The molecule has 1 aromatic rings. The number of hydrogen-bond acceptors (Lipinski definition) is 2. The molecule has 0 spiro atoms. The van der Waals surface area contributed by atoms with Gasteiger partial charge < -0.3 is 10.2 Å². The summed E-state index contributed by atoms with van der Waals surface area (Å²) in [4.78, 5) is 11.1. The van der Waals surface area contributed by atoms with E-state index in [0.29, 0.717) is 5.56 Å². The molecule has 0 aliphatic heterocycles. The van der Waals surface area contributed by atoms with Gasteiger partial charge in [-0.3, -0.25) is 4.79 Å². The number of carbonyl (C=O) groups is 1. The van der Waals surface area contributed by atoms with Gasteiger partial charge in [-0.1, -0.05) is 28.1 Å². The lowest BCUT2D eigenvalue weighted by atomic mass is 9.72. The molecule has 2 N–H and O–H groups in total. The molecule has 1 aromatic carbocycles. The summed E-state index contributed by atoms with van der Waals surface area (Å²) >= 11 is 3.29. The Hall–Kier alpha value is -0.870. The molecule has 0 saturated heterocycles. The average molecular weight is 287 g/mol. The van der Waals surface area contributed by atoms with Crippen LogP contribution < -0.4 is 0 Å². The fraction of sp³-hybridized carbons (Fsp3) is 0.417. The van der Waals surface area contributed by atoms with E-state index in [9.17, 15) is 9.90 Å². The number of carboxylic acids is 1. The molecule has 16 heavy (non-hydrogen) atoms. The van der Waals surface area contributed by atoms with Crippen molar-refractivity contribution >= 4 is 21.9 Å². The molecule has 0 aromatic heterocycles. The van der Waals surface area contributed by atoms with E-state index in [4.69, 9.17) is 5.11 Å². The van der Waals surface area contributed by atoms with Crippen LogP contribution in [-0.2, 0) is 10.4 Å². The molecule has 0 amide bonds. The highest BCUT2D eigenvalue weighted by Gasteiger charge is 2.46. The van der Waals surface area contributed by atoms with Crippen LogP contribution in [0.5, 0.6) is 0 Å². The first-order chi connectivity index (χ1) is 7.19. The maximum atomic E-state index is 11.1. The number of halogens is 1. The van der Waals surface area contributed by atoms with E-state index in [1.165, 1.54) is 20.8 Å². The van der Waals surface area contributed by atoms with Gasteiger partial charge in [-0.25, -0.2) is 0 Å². The summed E-state index contributed by atoms with van der Waals surface area (Å²) in [7, 11) is 0. The van der Waals surface area contributed by atoms with E-state index >= 15 is 0 Å². The van der Waals surface area contributed by atoms with Gasteiger partial charge in [0.15, 0.2) is 0 Å². The number of rotatable bonds is 3. The van der Waals surface area contributed by atoms with Crippen LogP contribution in [0, 0.1) is 5.41 Å². The molecule has 0 heterocycles. The standard InChI is InChI=1S/C12H15BrO3/c1-11(2,10(14)15)12(3,16)8-4-6-9(13)7-5-8/h4-7,16H,1-3H3,(H,14,15). The van der Waals surface area contributed by atoms with Crippen molar-refractivity contribution in [2.45, 2.75) is 26.4 Å². The number of aliphatic carboxylic acids is 1. The number of benzene rings is 1. The van der Waals surface area contributed by atoms with E-state index in [1.807, 2.05) is 0 Å². The van der Waals surface area contributed by atoms with Gasteiger partial charge in [0.25, 0.3) is 0 Å². The van der Waals surface area contributed by atoms with E-state index in [-0.39, 0.29) is 0 Å². The zero-order valence-corrected chi connectivity index (χ0v) is 11.1. The summed E-state index contributed by atoms with van der Waals surface area (Å²) in [6.07, 6.45) is 0. The van der Waals surface area contributed by atoms with Gasteiger partial charge in [0.2, 0.25) is 0 Å². The van der Waals surface area contributed by atoms with Crippen LogP contribution in [0.2, 0.25) is 0 Å². The molecule has 0 radical (unpaired) electrons. The molecule has 3 nitrogen and oxygen atoms in total. The van der Waals surface area contributed by atoms with Gasteiger partial charge in [-0.2, -0.15) is 0 Å². The van der Waals surface area contributed by atoms with E-state index < -0.39 is 17.0 Å². The van der Waals surface area contributed by atoms with Crippen LogP contribution in [0.3, 0.4) is 0 Å². The first-order valence-electron chi connectivity index (χ1n) is 4.91. The van der Waals surface area contributed by atoms with Gasteiger partial charge in [0.05, 0.1) is 5.41 Å². The van der Waals surface area contributed by atoms with Crippen molar-refractivity contribution in [3.05, 3.63) is 34.3 Å². The number of hydrogen-bond donors (Lipinski definition) is 2. The average Bonchev–Trinajstić information content (AvgIpc) is 2.17. The lowest BCUT2D eigenvalue weighted by Crippen LogP contribution is -2.44. The summed E-state index contributed by atoms with van der Waals surface area (Å²) < 4.78 is 0.889. The first-order valence-corrected chi connectivity index (χ1v) is 5.70. The second-order valence-electron chi connectivity index (χ2n) is 4.51. The zero-order valence-electron chi connectivity index (χ0n) is 9.49. The van der Waals surface area contributed by atoms with Crippen molar-refractivity contribution in [1.82, 2.24) is 0 Å². The quantitative estimate of drug-likeness (QED) is 0.898. The SMILES string of the molecule is CC(C)(C(=O)O)C(C)(O)c1ccc(Br)cc1. The third-order valence-corrected chi connectivity index (χ3v) is 3.69. The van der Waals surface area contributed by atoms with Crippen LogP contribution in [-0.4, -0.2) is 16.2 Å². The number of aliphatic hydroxyl groups is 1. The second-order valence-corrected chi connectivity index (χ2v) is 5.42. The Labute approximate surface area is 103 Å². The third-order valence-electron chi connectivity index (χ3n) is 3.16. The summed E-state index contributed by atoms with van der Waals surface area (Å²) in [5, 5.41) is 19.5. The third kappa shape index (κ3) is 2.13. The lowest BCUT2D eigenvalue weighted by molar-refractivity contribution is -0.164. The first kappa shape index (κ1) is 13.2. The van der Waals surface area contributed by atoms with Crippen LogP contribution in [0.25, 0.3) is 0 Å². The smallest absolute Gasteiger partial charge is 0.312 e. The Morgan fingerprint density at radius 1 is 1.19 bits per heavy atom. The predicted octanol–water partition coefficient (Wildman–Crippen LogP) is 2.77. The molecule has 0 saturated carbocycles. The van der Waals surface area contributed by atoms with Gasteiger partial charge in [0.1, 0.15) is 5.60 Å². The Kier molecular flexibility index (Phi) is 3.45. The minimum absolute atomic E-state index is 0.586. The molecule has 4 heteroatoms. The maximum Gasteiger partial charge on any atom is 0.312 e. The maximum absolute atomic E-state index is 11.1. The minimum Gasteiger partial charge on any atom is -0.481 e. The Morgan fingerprint density at radius 3 is 2.00 bits per heavy atom. The molecule has 0 bridgehead atoms. The summed E-state index contributed by atoms with van der Waals surface area (Å²) in [5.41, 5.74) is -2.08. The monoisotopic (exact) mass is 286 g/mol. The molecule has 1 rings (SSSR count). The molecular weight excluding hydrogens is 272 g/mol. The molecular formula is C12H15BrO3. The van der Waals surface area contributed by atoms with Crippen molar-refractivity contribution in [1.29, 1.82) is 0 Å². The van der Waals surface area contributed by atoms with Crippen LogP contribution >= 0.6 is 15.9 Å². The van der Waals surface area contributed by atoms with Gasteiger partial charge in [-0.05, 0) is 38.5 Å². The second kappa shape index (κ2) is 4.18. The molecule has 88 valence electrons. The highest BCUT2D eigenvalue weighted by Crippen LogP contribution is 2.39. The Morgan fingerprint density at radius 2 is 1.62 bits per heavy atom. The van der Waals surface area contributed by atoms with E-state index in [2.05, 4.69) is 15.9 Å². The Balaban J connectivity index is 3.20. The minimum atomic E-state index is -1.42. The van der Waals surface area contributed by atoms with Gasteiger partial charge >= 0.3 is 5.97 Å². The van der Waals surface area contributed by atoms with Crippen LogP contribution in [0.1, 0.15) is 26.3 Å². The van der Waals surface area contributed by atoms with Crippen LogP contribution in [0.15, 0.2) is 28.7 Å². The van der Waals surface area contributed by atoms with Crippen LogP contribution in [0.4, 0.5) is 0 Å². The summed E-state index contributed by atoms with van der Waals surface area (Å²) in [5.74, 6) is -1.03. The molecule has 0 aliphatic carbocycles. The van der Waals surface area contributed by atoms with Crippen molar-refractivity contribution in [2.24, 2.45) is 5.41 Å². The fourth-order valence-corrected chi connectivity index (χ4v) is 1.61. The van der Waals surface area contributed by atoms with E-state index in [0.717, 1.165) is 4.47 Å². The van der Waals surface area contributed by atoms with Crippen molar-refractivity contribution < 1.29 is 15.0 Å². The zero-order chi connectivity index (χ0) is 12.6.